The van der Waals surface area contributed by atoms with Gasteiger partial charge in [0, 0.05) is 6.07 Å². The first-order chi connectivity index (χ1) is 10.8. The molecule has 0 aliphatic carbocycles. The van der Waals surface area contributed by atoms with Gasteiger partial charge in [0.2, 0.25) is 5.88 Å². The van der Waals surface area contributed by atoms with Gasteiger partial charge in [0.15, 0.2) is 6.10 Å². The van der Waals surface area contributed by atoms with Crippen molar-refractivity contribution in [3.05, 3.63) is 36.0 Å². The van der Waals surface area contributed by atoms with Crippen LogP contribution in [0, 0.1) is 0 Å². The maximum atomic E-state index is 12.9. The fraction of sp³-hybridized carbons (Fsp3) is 0.467. The summed E-state index contributed by atoms with van der Waals surface area (Å²) in [6, 6.07) is 1.16. The number of carbonyl (C=O) groups excluding carboxylic acids is 1. The summed E-state index contributed by atoms with van der Waals surface area (Å²) in [6.45, 7) is 9.05. The number of alkyl halides is 3. The van der Waals surface area contributed by atoms with E-state index < -0.39 is 30.0 Å². The van der Waals surface area contributed by atoms with Crippen LogP contribution in [0.4, 0.5) is 18.0 Å². The molecule has 0 bridgehead atoms. The van der Waals surface area contributed by atoms with Crippen molar-refractivity contribution >= 4 is 6.09 Å². The van der Waals surface area contributed by atoms with E-state index in [1.807, 2.05) is 13.8 Å². The van der Waals surface area contributed by atoms with E-state index in [4.69, 9.17) is 9.47 Å². The smallest absolute Gasteiger partial charge is 0.416 e. The van der Waals surface area contributed by atoms with Crippen molar-refractivity contribution in [3.8, 4) is 5.88 Å². The number of cyclic esters (lactones) is 1. The van der Waals surface area contributed by atoms with Crippen LogP contribution in [0.3, 0.4) is 0 Å². The topological polar surface area (TPSA) is 60.5 Å². The van der Waals surface area contributed by atoms with Crippen molar-refractivity contribution in [1.82, 2.24) is 10.3 Å². The number of nitrogens with zero attached hydrogens (tertiary/aromatic N) is 1. The van der Waals surface area contributed by atoms with Crippen LogP contribution in [-0.2, 0) is 10.9 Å². The fourth-order valence-electron chi connectivity index (χ4n) is 1.88. The molecule has 1 N–H and O–H groups in total. The monoisotopic (exact) mass is 332 g/mol. The predicted molar refractivity (Wildman–Crippen MR) is 78.1 cm³/mol. The fourth-order valence-corrected chi connectivity index (χ4v) is 1.88. The van der Waals surface area contributed by atoms with Gasteiger partial charge in [-0.3, -0.25) is 0 Å². The Balaban J connectivity index is 0.00000127. The van der Waals surface area contributed by atoms with Crippen LogP contribution in [-0.4, -0.2) is 23.7 Å². The SMILES string of the molecule is C=CCOc1cc(C(F)(F)F)cc(C2OC(=O)NC2C)n1.CC. The van der Waals surface area contributed by atoms with Crippen LogP contribution >= 0.6 is 0 Å². The molecule has 1 saturated heterocycles. The van der Waals surface area contributed by atoms with Crippen LogP contribution in [0.5, 0.6) is 5.88 Å². The Labute approximate surface area is 132 Å². The average molecular weight is 332 g/mol. The first-order valence-electron chi connectivity index (χ1n) is 7.11. The number of ether oxygens (including phenoxy) is 2. The lowest BCUT2D eigenvalue weighted by Crippen LogP contribution is -2.24. The van der Waals surface area contributed by atoms with Gasteiger partial charge < -0.3 is 14.8 Å². The molecule has 1 aromatic rings. The Kier molecular flexibility index (Phi) is 6.41. The number of hydrogen-bond acceptors (Lipinski definition) is 4. The van der Waals surface area contributed by atoms with Crippen LogP contribution in [0.2, 0.25) is 0 Å². The average Bonchev–Trinajstić information content (AvgIpc) is 2.84. The molecule has 8 heteroatoms. The lowest BCUT2D eigenvalue weighted by molar-refractivity contribution is -0.137. The van der Waals surface area contributed by atoms with Gasteiger partial charge in [-0.2, -0.15) is 13.2 Å². The number of alkyl carbamates (subject to hydrolysis) is 1. The van der Waals surface area contributed by atoms with Gasteiger partial charge >= 0.3 is 12.3 Å². The van der Waals surface area contributed by atoms with Crippen LogP contribution in [0.25, 0.3) is 0 Å². The van der Waals surface area contributed by atoms with Crippen molar-refractivity contribution in [2.75, 3.05) is 6.61 Å². The first-order valence-corrected chi connectivity index (χ1v) is 7.11. The third kappa shape index (κ3) is 4.87. The molecule has 2 unspecified atom stereocenters. The molecule has 1 amide bonds. The lowest BCUT2D eigenvalue weighted by Gasteiger charge is -2.16. The number of aromatic nitrogens is 1. The Hall–Kier alpha value is -2.25. The molecule has 23 heavy (non-hydrogen) atoms. The Bertz CT molecular complexity index is 561. The van der Waals surface area contributed by atoms with Gasteiger partial charge in [-0.15, -0.1) is 0 Å². The van der Waals surface area contributed by atoms with E-state index in [1.54, 1.807) is 6.92 Å². The van der Waals surface area contributed by atoms with E-state index in [2.05, 4.69) is 16.9 Å². The maximum absolute atomic E-state index is 12.9. The summed E-state index contributed by atoms with van der Waals surface area (Å²) < 4.78 is 48.7. The van der Waals surface area contributed by atoms with E-state index in [0.29, 0.717) is 0 Å². The molecule has 2 rings (SSSR count). The Morgan fingerprint density at radius 3 is 2.57 bits per heavy atom. The Morgan fingerprint density at radius 2 is 2.09 bits per heavy atom. The van der Waals surface area contributed by atoms with E-state index in [-0.39, 0.29) is 18.2 Å². The number of hydrogen-bond donors (Lipinski definition) is 1. The summed E-state index contributed by atoms with van der Waals surface area (Å²) in [6.07, 6.45) is -4.75. The third-order valence-electron chi connectivity index (χ3n) is 2.82. The second kappa shape index (κ2) is 7.85. The zero-order valence-electron chi connectivity index (χ0n) is 13.1. The molecule has 5 nitrogen and oxygen atoms in total. The van der Waals surface area contributed by atoms with Gasteiger partial charge in [-0.1, -0.05) is 26.5 Å². The molecule has 0 saturated carbocycles. The summed E-state index contributed by atoms with van der Waals surface area (Å²) in [4.78, 5) is 15.1. The molecule has 1 aliphatic heterocycles. The van der Waals surface area contributed by atoms with Gasteiger partial charge in [-0.05, 0) is 13.0 Å². The number of amides is 1. The number of carbonyl (C=O) groups is 1. The molecule has 0 aromatic carbocycles. The van der Waals surface area contributed by atoms with Crippen LogP contribution < -0.4 is 10.1 Å². The molecule has 0 spiro atoms. The number of nitrogens with one attached hydrogen (secondary N) is 1. The van der Waals surface area contributed by atoms with Gasteiger partial charge in [0.1, 0.15) is 6.61 Å². The highest BCUT2D eigenvalue weighted by Gasteiger charge is 2.37. The summed E-state index contributed by atoms with van der Waals surface area (Å²) in [5, 5.41) is 2.45. The zero-order chi connectivity index (χ0) is 17.6. The predicted octanol–water partition coefficient (Wildman–Crippen LogP) is 3.86. The zero-order valence-corrected chi connectivity index (χ0v) is 13.1. The minimum Gasteiger partial charge on any atom is -0.473 e. The highest BCUT2D eigenvalue weighted by atomic mass is 19.4. The molecule has 1 aromatic heterocycles. The Morgan fingerprint density at radius 1 is 1.43 bits per heavy atom. The van der Waals surface area contributed by atoms with E-state index in [9.17, 15) is 18.0 Å². The summed E-state index contributed by atoms with van der Waals surface area (Å²) in [7, 11) is 0. The van der Waals surface area contributed by atoms with Crippen molar-refractivity contribution in [2.45, 2.75) is 39.1 Å². The van der Waals surface area contributed by atoms with Crippen molar-refractivity contribution < 1.29 is 27.4 Å². The molecular formula is C15H19F3N2O3. The molecule has 2 atom stereocenters. The number of pyridine rings is 1. The minimum atomic E-state index is -4.55. The van der Waals surface area contributed by atoms with Crippen molar-refractivity contribution in [2.24, 2.45) is 0 Å². The summed E-state index contributed by atoms with van der Waals surface area (Å²) in [5.41, 5.74) is -0.934. The van der Waals surface area contributed by atoms with Crippen LogP contribution in [0.1, 0.15) is 38.1 Å². The molecule has 0 radical (unpaired) electrons. The molecule has 1 fully saturated rings. The maximum Gasteiger partial charge on any atom is 0.416 e. The number of rotatable bonds is 4. The third-order valence-corrected chi connectivity index (χ3v) is 2.82. The quantitative estimate of drug-likeness (QED) is 0.851. The van der Waals surface area contributed by atoms with Gasteiger partial charge in [0.25, 0.3) is 0 Å². The molecule has 2 heterocycles. The van der Waals surface area contributed by atoms with E-state index >= 15 is 0 Å². The highest BCUT2D eigenvalue weighted by Crippen LogP contribution is 2.34. The van der Waals surface area contributed by atoms with E-state index in [0.717, 1.165) is 12.1 Å². The first kappa shape index (κ1) is 18.8. The standard InChI is InChI=1S/C13H13F3N2O3.C2H6/c1-3-4-20-10-6-8(13(14,15)16)5-9(18-10)11-7(2)17-12(19)21-11;1-2/h3,5-7,11H,1,4H2,2H3,(H,17,19);1-2H3. The van der Waals surface area contributed by atoms with Crippen LogP contribution in [0.15, 0.2) is 24.8 Å². The number of halogens is 3. The van der Waals surface area contributed by atoms with Gasteiger partial charge in [-0.25, -0.2) is 9.78 Å². The molecular weight excluding hydrogens is 313 g/mol. The summed E-state index contributed by atoms with van der Waals surface area (Å²) >= 11 is 0. The second-order valence-corrected chi connectivity index (χ2v) is 4.48. The minimum absolute atomic E-state index is 0.0188. The van der Waals surface area contributed by atoms with Crippen molar-refractivity contribution in [1.29, 1.82) is 0 Å². The largest absolute Gasteiger partial charge is 0.473 e. The lowest BCUT2D eigenvalue weighted by atomic mass is 10.1. The molecule has 128 valence electrons. The normalized spacial score (nSPS) is 20.0. The van der Waals surface area contributed by atoms with E-state index in [1.165, 1.54) is 6.08 Å². The summed E-state index contributed by atoms with van der Waals surface area (Å²) in [5.74, 6) is -0.199. The van der Waals surface area contributed by atoms with Gasteiger partial charge in [0.05, 0.1) is 17.3 Å². The van der Waals surface area contributed by atoms with Crippen molar-refractivity contribution in [3.63, 3.8) is 0 Å². The highest BCUT2D eigenvalue weighted by molar-refractivity contribution is 5.70. The second-order valence-electron chi connectivity index (χ2n) is 4.48. The molecule has 1 aliphatic rings.